The predicted molar refractivity (Wildman–Crippen MR) is 82.1 cm³/mol. The lowest BCUT2D eigenvalue weighted by Gasteiger charge is -2.09. The standard InChI is InChI=1S/C14H10F2N4O3S/c1-24(22,23)20-10-3-2-9(15)11(12(10)16)13(21)7-5-18-14-8(7)4-17-6-19-14/h2-6,20H,1H3,(H,17,18,19). The summed E-state index contributed by atoms with van der Waals surface area (Å²) in [6, 6.07) is 1.72. The molecule has 0 spiro atoms. The number of carbonyl (C=O) groups is 1. The van der Waals surface area contributed by atoms with Crippen molar-refractivity contribution in [2.75, 3.05) is 11.0 Å². The molecule has 3 aromatic rings. The van der Waals surface area contributed by atoms with E-state index in [2.05, 4.69) is 15.0 Å². The molecule has 0 saturated heterocycles. The van der Waals surface area contributed by atoms with Gasteiger partial charge in [-0.15, -0.1) is 0 Å². The number of anilines is 1. The van der Waals surface area contributed by atoms with Crippen LogP contribution in [-0.4, -0.2) is 35.4 Å². The summed E-state index contributed by atoms with van der Waals surface area (Å²) in [5.41, 5.74) is -1.08. The highest BCUT2D eigenvalue weighted by Crippen LogP contribution is 2.26. The highest BCUT2D eigenvalue weighted by molar-refractivity contribution is 7.92. The van der Waals surface area contributed by atoms with Gasteiger partial charge in [0.1, 0.15) is 17.8 Å². The smallest absolute Gasteiger partial charge is 0.229 e. The maximum Gasteiger partial charge on any atom is 0.229 e. The van der Waals surface area contributed by atoms with E-state index in [1.165, 1.54) is 18.7 Å². The number of hydrogen-bond donors (Lipinski definition) is 2. The third-order valence-electron chi connectivity index (χ3n) is 3.21. The summed E-state index contributed by atoms with van der Waals surface area (Å²) >= 11 is 0. The molecule has 2 aromatic heterocycles. The number of H-pyrrole nitrogens is 1. The molecule has 0 saturated carbocycles. The molecule has 0 unspecified atom stereocenters. The second kappa shape index (κ2) is 5.64. The lowest BCUT2D eigenvalue weighted by Crippen LogP contribution is -2.14. The highest BCUT2D eigenvalue weighted by atomic mass is 32.2. The molecule has 124 valence electrons. The van der Waals surface area contributed by atoms with Crippen molar-refractivity contribution in [2.24, 2.45) is 0 Å². The molecule has 24 heavy (non-hydrogen) atoms. The fourth-order valence-corrected chi connectivity index (χ4v) is 2.78. The van der Waals surface area contributed by atoms with Gasteiger partial charge in [0.25, 0.3) is 0 Å². The van der Waals surface area contributed by atoms with Crippen molar-refractivity contribution < 1.29 is 22.0 Å². The molecule has 0 amide bonds. The first-order valence-corrected chi connectivity index (χ1v) is 8.44. The van der Waals surface area contributed by atoms with E-state index < -0.39 is 38.7 Å². The number of fused-ring (bicyclic) bond motifs is 1. The van der Waals surface area contributed by atoms with Crippen LogP contribution in [-0.2, 0) is 10.0 Å². The van der Waals surface area contributed by atoms with Gasteiger partial charge in [-0.1, -0.05) is 0 Å². The Kier molecular flexibility index (Phi) is 3.76. The van der Waals surface area contributed by atoms with E-state index in [0.29, 0.717) is 11.0 Å². The van der Waals surface area contributed by atoms with Crippen molar-refractivity contribution in [3.05, 3.63) is 53.6 Å². The van der Waals surface area contributed by atoms with Crippen LogP contribution in [0.25, 0.3) is 11.0 Å². The number of halogens is 2. The van der Waals surface area contributed by atoms with E-state index in [9.17, 15) is 22.0 Å². The second-order valence-corrected chi connectivity index (χ2v) is 6.72. The molecule has 0 aliphatic rings. The van der Waals surface area contributed by atoms with Crippen LogP contribution < -0.4 is 4.72 Å². The Morgan fingerprint density at radius 3 is 2.75 bits per heavy atom. The quantitative estimate of drug-likeness (QED) is 0.697. The van der Waals surface area contributed by atoms with Gasteiger partial charge in [0.15, 0.2) is 5.82 Å². The molecule has 7 nitrogen and oxygen atoms in total. The average molecular weight is 352 g/mol. The van der Waals surface area contributed by atoms with Crippen molar-refractivity contribution in [3.63, 3.8) is 0 Å². The molecule has 2 heterocycles. The summed E-state index contributed by atoms with van der Waals surface area (Å²) in [6.07, 6.45) is 4.66. The van der Waals surface area contributed by atoms with E-state index in [-0.39, 0.29) is 5.56 Å². The number of aromatic amines is 1. The van der Waals surface area contributed by atoms with Gasteiger partial charge in [-0.2, -0.15) is 0 Å². The lowest BCUT2D eigenvalue weighted by molar-refractivity contribution is 0.103. The predicted octanol–water partition coefficient (Wildman–Crippen LogP) is 1.84. The van der Waals surface area contributed by atoms with E-state index in [1.807, 2.05) is 4.72 Å². The summed E-state index contributed by atoms with van der Waals surface area (Å²) in [7, 11) is -3.79. The van der Waals surface area contributed by atoms with Gasteiger partial charge in [-0.25, -0.2) is 27.2 Å². The summed E-state index contributed by atoms with van der Waals surface area (Å²) in [6.45, 7) is 0. The molecule has 0 aliphatic heterocycles. The highest BCUT2D eigenvalue weighted by Gasteiger charge is 2.25. The molecular weight excluding hydrogens is 342 g/mol. The molecule has 1 aromatic carbocycles. The largest absolute Gasteiger partial charge is 0.345 e. The number of aromatic nitrogens is 3. The van der Waals surface area contributed by atoms with Gasteiger partial charge >= 0.3 is 0 Å². The van der Waals surface area contributed by atoms with Crippen molar-refractivity contribution in [3.8, 4) is 0 Å². The van der Waals surface area contributed by atoms with Crippen molar-refractivity contribution in [1.82, 2.24) is 15.0 Å². The van der Waals surface area contributed by atoms with E-state index in [0.717, 1.165) is 18.4 Å². The van der Waals surface area contributed by atoms with Crippen LogP contribution in [0.5, 0.6) is 0 Å². The summed E-state index contributed by atoms with van der Waals surface area (Å²) in [4.78, 5) is 22.9. The Morgan fingerprint density at radius 2 is 2.04 bits per heavy atom. The maximum absolute atomic E-state index is 14.5. The normalized spacial score (nSPS) is 11.6. The topological polar surface area (TPSA) is 105 Å². The SMILES string of the molecule is CS(=O)(=O)Nc1ccc(F)c(C(=O)c2c[nH]c3ncncc23)c1F. The molecule has 0 bridgehead atoms. The minimum absolute atomic E-state index is 0.0279. The Hall–Kier alpha value is -2.88. The Morgan fingerprint density at radius 1 is 1.29 bits per heavy atom. The number of ketones is 1. The molecule has 0 atom stereocenters. The minimum atomic E-state index is -3.79. The molecular formula is C14H10F2N4O3S. The monoisotopic (exact) mass is 352 g/mol. The number of sulfonamides is 1. The molecule has 0 radical (unpaired) electrons. The van der Waals surface area contributed by atoms with Crippen LogP contribution in [0.2, 0.25) is 0 Å². The van der Waals surface area contributed by atoms with Crippen LogP contribution in [0.3, 0.4) is 0 Å². The Labute approximate surface area is 134 Å². The fraction of sp³-hybridized carbons (Fsp3) is 0.0714. The number of nitrogens with one attached hydrogen (secondary N) is 2. The van der Waals surface area contributed by atoms with E-state index in [1.54, 1.807) is 0 Å². The first kappa shape index (κ1) is 16.0. The van der Waals surface area contributed by atoms with Crippen LogP contribution in [0.1, 0.15) is 15.9 Å². The zero-order valence-electron chi connectivity index (χ0n) is 12.2. The van der Waals surface area contributed by atoms with Crippen molar-refractivity contribution in [1.29, 1.82) is 0 Å². The first-order chi connectivity index (χ1) is 11.3. The summed E-state index contributed by atoms with van der Waals surface area (Å²) in [5.74, 6) is -3.36. The maximum atomic E-state index is 14.5. The number of nitrogens with zero attached hydrogens (tertiary/aromatic N) is 2. The van der Waals surface area contributed by atoms with E-state index >= 15 is 0 Å². The van der Waals surface area contributed by atoms with E-state index in [4.69, 9.17) is 0 Å². The third-order valence-corrected chi connectivity index (χ3v) is 3.80. The van der Waals surface area contributed by atoms with Gasteiger partial charge in [0, 0.05) is 17.8 Å². The zero-order chi connectivity index (χ0) is 17.5. The number of hydrogen-bond acceptors (Lipinski definition) is 5. The molecule has 3 rings (SSSR count). The molecule has 0 aliphatic carbocycles. The van der Waals surface area contributed by atoms with Crippen LogP contribution >= 0.6 is 0 Å². The summed E-state index contributed by atoms with van der Waals surface area (Å²) < 4.78 is 52.9. The molecule has 0 fully saturated rings. The average Bonchev–Trinajstić information content (AvgIpc) is 2.93. The van der Waals surface area contributed by atoms with Crippen molar-refractivity contribution >= 4 is 32.5 Å². The van der Waals surface area contributed by atoms with Crippen molar-refractivity contribution in [2.45, 2.75) is 0 Å². The molecule has 2 N–H and O–H groups in total. The van der Waals surface area contributed by atoms with Gasteiger partial charge in [-0.3, -0.25) is 9.52 Å². The Balaban J connectivity index is 2.15. The summed E-state index contributed by atoms with van der Waals surface area (Å²) in [5, 5.41) is 0.294. The number of benzene rings is 1. The van der Waals surface area contributed by atoms with Gasteiger partial charge in [0.05, 0.1) is 23.1 Å². The molecule has 10 heteroatoms. The van der Waals surface area contributed by atoms with Gasteiger partial charge in [-0.05, 0) is 12.1 Å². The van der Waals surface area contributed by atoms with Crippen LogP contribution in [0, 0.1) is 11.6 Å². The Bertz CT molecular complexity index is 1060. The fourth-order valence-electron chi connectivity index (χ4n) is 2.22. The lowest BCUT2D eigenvalue weighted by atomic mass is 10.0. The minimum Gasteiger partial charge on any atom is -0.345 e. The number of rotatable bonds is 4. The third kappa shape index (κ3) is 2.83. The van der Waals surface area contributed by atoms with Gasteiger partial charge < -0.3 is 4.98 Å². The van der Waals surface area contributed by atoms with Crippen LogP contribution in [0.4, 0.5) is 14.5 Å². The number of carbonyl (C=O) groups excluding carboxylic acids is 1. The second-order valence-electron chi connectivity index (χ2n) is 4.97. The zero-order valence-corrected chi connectivity index (χ0v) is 13.0. The van der Waals surface area contributed by atoms with Gasteiger partial charge in [0.2, 0.25) is 15.8 Å². The first-order valence-electron chi connectivity index (χ1n) is 6.55. The van der Waals surface area contributed by atoms with Crippen LogP contribution in [0.15, 0.2) is 30.9 Å².